The summed E-state index contributed by atoms with van der Waals surface area (Å²) >= 11 is 0. The fourth-order valence-corrected chi connectivity index (χ4v) is 2.20. The number of rotatable bonds is 4. The number of ether oxygens (including phenoxy) is 1. The SMILES string of the molecule is Cc1cc(C)c(C)c(OC(C)C(=O)c2ccccc2)c1. The van der Waals surface area contributed by atoms with Crippen LogP contribution < -0.4 is 4.74 Å². The van der Waals surface area contributed by atoms with Crippen molar-refractivity contribution >= 4 is 5.78 Å². The van der Waals surface area contributed by atoms with Crippen molar-refractivity contribution in [1.29, 1.82) is 0 Å². The van der Waals surface area contributed by atoms with Crippen LogP contribution in [0.25, 0.3) is 0 Å². The second-order valence-electron chi connectivity index (χ2n) is 5.20. The van der Waals surface area contributed by atoms with E-state index in [4.69, 9.17) is 4.74 Å². The van der Waals surface area contributed by atoms with Gasteiger partial charge in [0.25, 0.3) is 0 Å². The summed E-state index contributed by atoms with van der Waals surface area (Å²) in [5.74, 6) is 0.795. The van der Waals surface area contributed by atoms with Gasteiger partial charge in [0.1, 0.15) is 5.75 Å². The summed E-state index contributed by atoms with van der Waals surface area (Å²) in [7, 11) is 0. The lowest BCUT2D eigenvalue weighted by Gasteiger charge is -2.17. The molecule has 0 saturated heterocycles. The summed E-state index contributed by atoms with van der Waals surface area (Å²) in [6, 6.07) is 13.4. The molecule has 2 aromatic rings. The summed E-state index contributed by atoms with van der Waals surface area (Å²) in [6.07, 6.45) is -0.489. The molecule has 2 nitrogen and oxygen atoms in total. The number of benzene rings is 2. The molecule has 0 saturated carbocycles. The zero-order chi connectivity index (χ0) is 14.7. The normalized spacial score (nSPS) is 12.0. The lowest BCUT2D eigenvalue weighted by atomic mass is 10.0. The lowest BCUT2D eigenvalue weighted by Crippen LogP contribution is -2.24. The predicted octanol–water partition coefficient (Wildman–Crippen LogP) is 4.26. The van der Waals surface area contributed by atoms with E-state index in [1.54, 1.807) is 6.92 Å². The van der Waals surface area contributed by atoms with Crippen LogP contribution in [0.4, 0.5) is 0 Å². The van der Waals surface area contributed by atoms with E-state index >= 15 is 0 Å². The lowest BCUT2D eigenvalue weighted by molar-refractivity contribution is 0.0817. The topological polar surface area (TPSA) is 26.3 Å². The highest BCUT2D eigenvalue weighted by Crippen LogP contribution is 2.24. The van der Waals surface area contributed by atoms with Crippen molar-refractivity contribution in [2.45, 2.75) is 33.8 Å². The van der Waals surface area contributed by atoms with Crippen LogP contribution in [0.15, 0.2) is 42.5 Å². The first kappa shape index (κ1) is 14.3. The molecule has 0 fully saturated rings. The number of Topliss-reactive ketones (excluding diaryl/α,β-unsaturated/α-hetero) is 1. The first-order valence-electron chi connectivity index (χ1n) is 6.83. The second-order valence-corrected chi connectivity index (χ2v) is 5.20. The van der Waals surface area contributed by atoms with Gasteiger partial charge in [-0.2, -0.15) is 0 Å². The number of ketones is 1. The number of hydrogen-bond donors (Lipinski definition) is 0. The van der Waals surface area contributed by atoms with Gasteiger partial charge in [0, 0.05) is 5.56 Å². The third-order valence-corrected chi connectivity index (χ3v) is 3.50. The fourth-order valence-electron chi connectivity index (χ4n) is 2.20. The molecule has 0 spiro atoms. The maximum absolute atomic E-state index is 12.3. The third kappa shape index (κ3) is 3.08. The molecule has 0 N–H and O–H groups in total. The van der Waals surface area contributed by atoms with Crippen LogP contribution in [0.2, 0.25) is 0 Å². The Balaban J connectivity index is 2.20. The second kappa shape index (κ2) is 5.91. The Labute approximate surface area is 120 Å². The van der Waals surface area contributed by atoms with E-state index in [1.165, 1.54) is 5.56 Å². The Hall–Kier alpha value is -2.09. The molecule has 104 valence electrons. The maximum atomic E-state index is 12.3. The van der Waals surface area contributed by atoms with Gasteiger partial charge in [0.05, 0.1) is 0 Å². The van der Waals surface area contributed by atoms with Crippen LogP contribution in [-0.4, -0.2) is 11.9 Å². The fraction of sp³-hybridized carbons (Fsp3) is 0.278. The van der Waals surface area contributed by atoms with Gasteiger partial charge < -0.3 is 4.74 Å². The molecule has 0 amide bonds. The highest BCUT2D eigenvalue weighted by atomic mass is 16.5. The van der Waals surface area contributed by atoms with Gasteiger partial charge in [-0.05, 0) is 50.5 Å². The summed E-state index contributed by atoms with van der Waals surface area (Å²) < 4.78 is 5.87. The summed E-state index contributed by atoms with van der Waals surface area (Å²) in [5.41, 5.74) is 4.09. The molecule has 0 aromatic heterocycles. The van der Waals surface area contributed by atoms with Crippen molar-refractivity contribution in [1.82, 2.24) is 0 Å². The van der Waals surface area contributed by atoms with Crippen LogP contribution in [0.5, 0.6) is 5.75 Å². The monoisotopic (exact) mass is 268 g/mol. The standard InChI is InChI=1S/C18H20O2/c1-12-10-13(2)14(3)17(11-12)20-15(4)18(19)16-8-6-5-7-9-16/h5-11,15H,1-4H3. The summed E-state index contributed by atoms with van der Waals surface area (Å²) in [6.45, 7) is 7.90. The Morgan fingerprint density at radius 2 is 1.70 bits per heavy atom. The van der Waals surface area contributed by atoms with Crippen molar-refractivity contribution in [3.8, 4) is 5.75 Å². The zero-order valence-corrected chi connectivity index (χ0v) is 12.4. The van der Waals surface area contributed by atoms with Gasteiger partial charge in [-0.25, -0.2) is 0 Å². The van der Waals surface area contributed by atoms with E-state index in [1.807, 2.05) is 50.2 Å². The largest absolute Gasteiger partial charge is 0.482 e. The number of carbonyl (C=O) groups excluding carboxylic acids is 1. The van der Waals surface area contributed by atoms with Crippen molar-refractivity contribution in [3.63, 3.8) is 0 Å². The van der Waals surface area contributed by atoms with Crippen LogP contribution in [0.3, 0.4) is 0 Å². The van der Waals surface area contributed by atoms with Gasteiger partial charge in [-0.1, -0.05) is 36.4 Å². The van der Waals surface area contributed by atoms with Crippen LogP contribution in [0, 0.1) is 20.8 Å². The molecular weight excluding hydrogens is 248 g/mol. The quantitative estimate of drug-likeness (QED) is 0.774. The van der Waals surface area contributed by atoms with Crippen molar-refractivity contribution in [2.75, 3.05) is 0 Å². The van der Waals surface area contributed by atoms with E-state index in [0.717, 1.165) is 16.9 Å². The molecule has 2 aromatic carbocycles. The molecule has 2 rings (SSSR count). The minimum absolute atomic E-state index is 0.00385. The van der Waals surface area contributed by atoms with E-state index in [2.05, 4.69) is 13.0 Å². The molecule has 1 unspecified atom stereocenters. The molecular formula is C18H20O2. The number of hydrogen-bond acceptors (Lipinski definition) is 2. The Kier molecular flexibility index (Phi) is 4.23. The first-order valence-corrected chi connectivity index (χ1v) is 6.83. The molecule has 0 heterocycles. The molecule has 0 radical (unpaired) electrons. The van der Waals surface area contributed by atoms with Gasteiger partial charge in [0.15, 0.2) is 6.10 Å². The molecule has 20 heavy (non-hydrogen) atoms. The highest BCUT2D eigenvalue weighted by molar-refractivity contribution is 5.99. The van der Waals surface area contributed by atoms with Gasteiger partial charge >= 0.3 is 0 Å². The average molecular weight is 268 g/mol. The van der Waals surface area contributed by atoms with Crippen molar-refractivity contribution < 1.29 is 9.53 Å². The van der Waals surface area contributed by atoms with E-state index < -0.39 is 6.10 Å². The van der Waals surface area contributed by atoms with E-state index in [-0.39, 0.29) is 5.78 Å². The minimum Gasteiger partial charge on any atom is -0.482 e. The molecule has 0 aliphatic heterocycles. The molecule has 0 aliphatic rings. The van der Waals surface area contributed by atoms with Crippen molar-refractivity contribution in [3.05, 3.63) is 64.7 Å². The zero-order valence-electron chi connectivity index (χ0n) is 12.4. The Morgan fingerprint density at radius 1 is 1.05 bits per heavy atom. The molecule has 1 atom stereocenters. The smallest absolute Gasteiger partial charge is 0.202 e. The van der Waals surface area contributed by atoms with Gasteiger partial charge in [0.2, 0.25) is 5.78 Å². The van der Waals surface area contributed by atoms with Gasteiger partial charge in [-0.15, -0.1) is 0 Å². The third-order valence-electron chi connectivity index (χ3n) is 3.50. The Morgan fingerprint density at radius 3 is 2.35 bits per heavy atom. The highest BCUT2D eigenvalue weighted by Gasteiger charge is 2.17. The maximum Gasteiger partial charge on any atom is 0.202 e. The molecule has 2 heteroatoms. The first-order chi connectivity index (χ1) is 9.49. The summed E-state index contributed by atoms with van der Waals surface area (Å²) in [5, 5.41) is 0. The van der Waals surface area contributed by atoms with Crippen LogP contribution in [-0.2, 0) is 0 Å². The molecule has 0 bridgehead atoms. The number of aryl methyl sites for hydroxylation is 2. The van der Waals surface area contributed by atoms with Crippen molar-refractivity contribution in [2.24, 2.45) is 0 Å². The predicted molar refractivity (Wildman–Crippen MR) is 81.5 cm³/mol. The summed E-state index contributed by atoms with van der Waals surface area (Å²) in [4.78, 5) is 12.3. The van der Waals surface area contributed by atoms with E-state index in [0.29, 0.717) is 5.56 Å². The van der Waals surface area contributed by atoms with Crippen LogP contribution in [0.1, 0.15) is 34.0 Å². The number of carbonyl (C=O) groups is 1. The van der Waals surface area contributed by atoms with Gasteiger partial charge in [-0.3, -0.25) is 4.79 Å². The molecule has 0 aliphatic carbocycles. The van der Waals surface area contributed by atoms with Crippen LogP contribution >= 0.6 is 0 Å². The average Bonchev–Trinajstić information content (AvgIpc) is 2.44. The van der Waals surface area contributed by atoms with E-state index in [9.17, 15) is 4.79 Å². The Bertz CT molecular complexity index is 615. The minimum atomic E-state index is -0.489.